The quantitative estimate of drug-likeness (QED) is 0.744. The molecule has 16 heavy (non-hydrogen) atoms. The zero-order valence-corrected chi connectivity index (χ0v) is 9.94. The number of hydrogen-bond donors (Lipinski definition) is 2. The van der Waals surface area contributed by atoms with Gasteiger partial charge in [-0.2, -0.15) is 0 Å². The molecule has 1 aromatic heterocycles. The summed E-state index contributed by atoms with van der Waals surface area (Å²) >= 11 is 0. The monoisotopic (exact) mass is 224 g/mol. The Morgan fingerprint density at radius 3 is 3.00 bits per heavy atom. The molecule has 0 saturated heterocycles. The first-order chi connectivity index (χ1) is 7.77. The van der Waals surface area contributed by atoms with Crippen molar-refractivity contribution in [2.24, 2.45) is 0 Å². The van der Waals surface area contributed by atoms with Crippen molar-refractivity contribution in [1.82, 2.24) is 4.98 Å². The molecule has 1 unspecified atom stereocenters. The SMILES string of the molecule is CCOc1cccnc1NCCC(O)CC. The Labute approximate surface area is 96.7 Å². The van der Waals surface area contributed by atoms with E-state index in [1.54, 1.807) is 6.20 Å². The first kappa shape index (κ1) is 12.8. The third kappa shape index (κ3) is 4.06. The van der Waals surface area contributed by atoms with Gasteiger partial charge in [0.1, 0.15) is 0 Å². The highest BCUT2D eigenvalue weighted by Gasteiger charge is 2.04. The van der Waals surface area contributed by atoms with E-state index in [1.807, 2.05) is 26.0 Å². The van der Waals surface area contributed by atoms with Crippen molar-refractivity contribution in [3.63, 3.8) is 0 Å². The van der Waals surface area contributed by atoms with Crippen LogP contribution in [0.15, 0.2) is 18.3 Å². The number of nitrogens with zero attached hydrogens (tertiary/aromatic N) is 1. The second kappa shape index (κ2) is 7.06. The van der Waals surface area contributed by atoms with Gasteiger partial charge in [0.15, 0.2) is 11.6 Å². The van der Waals surface area contributed by atoms with Gasteiger partial charge in [0, 0.05) is 12.7 Å². The molecule has 0 saturated carbocycles. The summed E-state index contributed by atoms with van der Waals surface area (Å²) in [7, 11) is 0. The molecule has 1 atom stereocenters. The average Bonchev–Trinajstić information content (AvgIpc) is 2.31. The van der Waals surface area contributed by atoms with E-state index in [0.717, 1.165) is 24.4 Å². The van der Waals surface area contributed by atoms with Crippen molar-refractivity contribution < 1.29 is 9.84 Å². The number of pyridine rings is 1. The summed E-state index contributed by atoms with van der Waals surface area (Å²) in [5.74, 6) is 1.50. The predicted octanol–water partition coefficient (Wildman–Crippen LogP) is 2.05. The Hall–Kier alpha value is -1.29. The molecule has 1 aromatic rings. The van der Waals surface area contributed by atoms with Gasteiger partial charge in [-0.1, -0.05) is 6.92 Å². The number of aromatic nitrogens is 1. The molecular weight excluding hydrogens is 204 g/mol. The summed E-state index contributed by atoms with van der Waals surface area (Å²) in [6.45, 7) is 5.23. The maximum absolute atomic E-state index is 9.42. The molecule has 0 fully saturated rings. The molecule has 0 radical (unpaired) electrons. The van der Waals surface area contributed by atoms with Crippen LogP contribution in [0.2, 0.25) is 0 Å². The van der Waals surface area contributed by atoms with E-state index < -0.39 is 0 Å². The van der Waals surface area contributed by atoms with Crippen LogP contribution in [-0.2, 0) is 0 Å². The lowest BCUT2D eigenvalue weighted by molar-refractivity contribution is 0.164. The Bertz CT molecular complexity index is 305. The van der Waals surface area contributed by atoms with Crippen LogP contribution in [0, 0.1) is 0 Å². The number of aliphatic hydroxyl groups is 1. The molecule has 1 rings (SSSR count). The van der Waals surface area contributed by atoms with Gasteiger partial charge in [-0.15, -0.1) is 0 Å². The summed E-state index contributed by atoms with van der Waals surface area (Å²) in [5.41, 5.74) is 0. The predicted molar refractivity (Wildman–Crippen MR) is 64.8 cm³/mol. The number of ether oxygens (including phenoxy) is 1. The molecule has 0 amide bonds. The van der Waals surface area contributed by atoms with Gasteiger partial charge in [-0.05, 0) is 31.9 Å². The number of anilines is 1. The summed E-state index contributed by atoms with van der Waals surface area (Å²) in [6.07, 6.45) is 2.98. The van der Waals surface area contributed by atoms with Crippen molar-refractivity contribution in [1.29, 1.82) is 0 Å². The normalized spacial score (nSPS) is 12.2. The molecule has 0 aromatic carbocycles. The fourth-order valence-electron chi connectivity index (χ4n) is 1.36. The number of rotatable bonds is 7. The van der Waals surface area contributed by atoms with Crippen molar-refractivity contribution >= 4 is 5.82 Å². The van der Waals surface area contributed by atoms with Crippen molar-refractivity contribution in [3.05, 3.63) is 18.3 Å². The van der Waals surface area contributed by atoms with E-state index >= 15 is 0 Å². The first-order valence-corrected chi connectivity index (χ1v) is 5.77. The second-order valence-electron chi connectivity index (χ2n) is 3.56. The van der Waals surface area contributed by atoms with E-state index in [-0.39, 0.29) is 6.10 Å². The van der Waals surface area contributed by atoms with Crippen molar-refractivity contribution in [2.45, 2.75) is 32.8 Å². The van der Waals surface area contributed by atoms with E-state index in [1.165, 1.54) is 0 Å². The minimum absolute atomic E-state index is 0.244. The topological polar surface area (TPSA) is 54.4 Å². The minimum atomic E-state index is -0.244. The fraction of sp³-hybridized carbons (Fsp3) is 0.583. The molecule has 0 bridgehead atoms. The lowest BCUT2D eigenvalue weighted by Gasteiger charge is -2.12. The minimum Gasteiger partial charge on any atom is -0.490 e. The average molecular weight is 224 g/mol. The number of aliphatic hydroxyl groups excluding tert-OH is 1. The molecule has 2 N–H and O–H groups in total. The van der Waals surface area contributed by atoms with Gasteiger partial charge in [-0.3, -0.25) is 0 Å². The third-order valence-electron chi connectivity index (χ3n) is 2.31. The maximum atomic E-state index is 9.42. The molecule has 4 heteroatoms. The number of nitrogens with one attached hydrogen (secondary N) is 1. The van der Waals surface area contributed by atoms with Gasteiger partial charge >= 0.3 is 0 Å². The maximum Gasteiger partial charge on any atom is 0.168 e. The molecule has 4 nitrogen and oxygen atoms in total. The zero-order chi connectivity index (χ0) is 11.8. The lowest BCUT2D eigenvalue weighted by atomic mass is 10.2. The zero-order valence-electron chi connectivity index (χ0n) is 9.94. The van der Waals surface area contributed by atoms with Crippen molar-refractivity contribution in [2.75, 3.05) is 18.5 Å². The van der Waals surface area contributed by atoms with Gasteiger partial charge in [0.05, 0.1) is 12.7 Å². The van der Waals surface area contributed by atoms with Gasteiger partial charge in [0.2, 0.25) is 0 Å². The third-order valence-corrected chi connectivity index (χ3v) is 2.31. The number of hydrogen-bond acceptors (Lipinski definition) is 4. The summed E-state index contributed by atoms with van der Waals surface area (Å²) in [5, 5.41) is 12.6. The first-order valence-electron chi connectivity index (χ1n) is 5.77. The summed E-state index contributed by atoms with van der Waals surface area (Å²) in [6, 6.07) is 3.73. The van der Waals surface area contributed by atoms with Gasteiger partial charge < -0.3 is 15.2 Å². The molecule has 0 aliphatic carbocycles. The van der Waals surface area contributed by atoms with Gasteiger partial charge in [0.25, 0.3) is 0 Å². The molecule has 0 aliphatic rings. The summed E-state index contributed by atoms with van der Waals surface area (Å²) in [4.78, 5) is 4.20. The van der Waals surface area contributed by atoms with Crippen LogP contribution in [0.1, 0.15) is 26.7 Å². The highest BCUT2D eigenvalue weighted by Crippen LogP contribution is 2.20. The Morgan fingerprint density at radius 1 is 1.50 bits per heavy atom. The van der Waals surface area contributed by atoms with Gasteiger partial charge in [-0.25, -0.2) is 4.98 Å². The lowest BCUT2D eigenvalue weighted by Crippen LogP contribution is -2.13. The Balaban J connectivity index is 2.46. The second-order valence-corrected chi connectivity index (χ2v) is 3.56. The highest BCUT2D eigenvalue weighted by molar-refractivity contribution is 5.49. The molecular formula is C12H20N2O2. The van der Waals surface area contributed by atoms with Crippen LogP contribution < -0.4 is 10.1 Å². The standard InChI is InChI=1S/C12H20N2O2/c1-3-10(15)7-9-14-12-11(16-4-2)6-5-8-13-12/h5-6,8,10,15H,3-4,7,9H2,1-2H3,(H,13,14). The van der Waals surface area contributed by atoms with E-state index in [4.69, 9.17) is 4.74 Å². The van der Waals surface area contributed by atoms with Crippen LogP contribution >= 0.6 is 0 Å². The Morgan fingerprint density at radius 2 is 2.31 bits per heavy atom. The smallest absolute Gasteiger partial charge is 0.168 e. The van der Waals surface area contributed by atoms with Crippen LogP contribution in [0.5, 0.6) is 5.75 Å². The van der Waals surface area contributed by atoms with E-state index in [0.29, 0.717) is 13.2 Å². The molecule has 1 heterocycles. The van der Waals surface area contributed by atoms with Crippen LogP contribution in [0.4, 0.5) is 5.82 Å². The van der Waals surface area contributed by atoms with Crippen LogP contribution in [0.3, 0.4) is 0 Å². The van der Waals surface area contributed by atoms with E-state index in [9.17, 15) is 5.11 Å². The molecule has 0 spiro atoms. The van der Waals surface area contributed by atoms with E-state index in [2.05, 4.69) is 10.3 Å². The molecule has 0 aliphatic heterocycles. The largest absolute Gasteiger partial charge is 0.490 e. The fourth-order valence-corrected chi connectivity index (χ4v) is 1.36. The van der Waals surface area contributed by atoms with Crippen LogP contribution in [-0.4, -0.2) is 29.3 Å². The highest BCUT2D eigenvalue weighted by atomic mass is 16.5. The summed E-state index contributed by atoms with van der Waals surface area (Å²) < 4.78 is 5.43. The van der Waals surface area contributed by atoms with Crippen molar-refractivity contribution in [3.8, 4) is 5.75 Å². The van der Waals surface area contributed by atoms with Crippen LogP contribution in [0.25, 0.3) is 0 Å². The molecule has 90 valence electrons. The Kier molecular flexibility index (Phi) is 5.64.